The van der Waals surface area contributed by atoms with E-state index in [1.165, 1.54) is 13.2 Å². The van der Waals surface area contributed by atoms with Crippen LogP contribution in [0.2, 0.25) is 0 Å². The fourth-order valence-corrected chi connectivity index (χ4v) is 2.13. The van der Waals surface area contributed by atoms with Crippen molar-refractivity contribution in [3.8, 4) is 11.8 Å². The lowest BCUT2D eigenvalue weighted by molar-refractivity contribution is -0.111. The third kappa shape index (κ3) is 2.42. The second kappa shape index (κ2) is 5.19. The van der Waals surface area contributed by atoms with Crippen molar-refractivity contribution in [2.75, 3.05) is 12.4 Å². The molecule has 0 atom stereocenters. The molecule has 0 aliphatic carbocycles. The third-order valence-corrected chi connectivity index (χ3v) is 3.90. The van der Waals surface area contributed by atoms with Gasteiger partial charge in [-0.05, 0) is 37.5 Å². The number of benzene rings is 1. The van der Waals surface area contributed by atoms with Gasteiger partial charge in [0.05, 0.1) is 12.8 Å². The smallest absolute Gasteiger partial charge is 0.326 e. The second-order valence-corrected chi connectivity index (χ2v) is 4.46. The number of hydrogen-bond acceptors (Lipinski definition) is 3. The molecule has 0 fully saturated rings. The van der Waals surface area contributed by atoms with Crippen LogP contribution in [-0.4, -0.2) is 13.0 Å². The Kier molecular flexibility index (Phi) is 4.13. The Morgan fingerprint density at radius 2 is 1.88 bits per heavy atom. The maximum atomic E-state index is 11.2. The maximum absolute atomic E-state index is 11.2. The molecule has 5 heteroatoms. The maximum Gasteiger partial charge on any atom is 0.326 e. The lowest BCUT2D eigenvalue weighted by Crippen LogP contribution is -2.12. The number of rotatable bonds is 2. The predicted molar refractivity (Wildman–Crippen MR) is 69.1 cm³/mol. The van der Waals surface area contributed by atoms with Crippen LogP contribution in [0.1, 0.15) is 16.7 Å². The zero-order valence-corrected chi connectivity index (χ0v) is 11.7. The summed E-state index contributed by atoms with van der Waals surface area (Å²) in [5.74, 6) is -0.117. The lowest BCUT2D eigenvalue weighted by atomic mass is 10.0. The van der Waals surface area contributed by atoms with E-state index in [0.717, 1.165) is 21.2 Å². The highest BCUT2D eigenvalue weighted by molar-refractivity contribution is 9.10. The Labute approximate surface area is 109 Å². The van der Waals surface area contributed by atoms with Gasteiger partial charge in [0.15, 0.2) is 6.07 Å². The van der Waals surface area contributed by atoms with Gasteiger partial charge in [-0.2, -0.15) is 5.26 Å². The highest BCUT2D eigenvalue weighted by atomic mass is 79.9. The summed E-state index contributed by atoms with van der Waals surface area (Å²) >= 11 is 3.47. The minimum absolute atomic E-state index is 0.536. The van der Waals surface area contributed by atoms with E-state index in [1.54, 1.807) is 0 Å². The molecule has 1 N–H and O–H groups in total. The Balaban J connectivity index is 3.48. The van der Waals surface area contributed by atoms with E-state index in [1.807, 2.05) is 20.8 Å². The molecule has 0 saturated carbocycles. The fourth-order valence-electron chi connectivity index (χ4n) is 1.63. The SMILES string of the molecule is COc1c(C)c(C)c(Br)c(C)c1NC(=O)C#N. The first-order chi connectivity index (χ1) is 7.93. The monoisotopic (exact) mass is 296 g/mol. The summed E-state index contributed by atoms with van der Waals surface area (Å²) in [6.45, 7) is 5.72. The number of carbonyl (C=O) groups is 1. The minimum Gasteiger partial charge on any atom is -0.494 e. The number of ether oxygens (including phenoxy) is 1. The zero-order valence-electron chi connectivity index (χ0n) is 10.1. The molecule has 0 spiro atoms. The molecule has 0 bridgehead atoms. The molecular weight excluding hydrogens is 284 g/mol. The molecule has 17 heavy (non-hydrogen) atoms. The van der Waals surface area contributed by atoms with Crippen LogP contribution in [0.3, 0.4) is 0 Å². The van der Waals surface area contributed by atoms with E-state index in [0.29, 0.717) is 11.4 Å². The molecule has 1 rings (SSSR count). The predicted octanol–water partition coefficient (Wildman–Crippen LogP) is 2.85. The van der Waals surface area contributed by atoms with Crippen LogP contribution < -0.4 is 10.1 Å². The number of anilines is 1. The highest BCUT2D eigenvalue weighted by Crippen LogP contribution is 2.39. The first-order valence-corrected chi connectivity index (χ1v) is 5.77. The van der Waals surface area contributed by atoms with Crippen LogP contribution in [0.15, 0.2) is 4.47 Å². The molecule has 1 aromatic rings. The van der Waals surface area contributed by atoms with Crippen LogP contribution in [-0.2, 0) is 4.79 Å². The molecule has 0 heterocycles. The van der Waals surface area contributed by atoms with Crippen molar-refractivity contribution in [1.29, 1.82) is 5.26 Å². The fraction of sp³-hybridized carbons (Fsp3) is 0.333. The largest absolute Gasteiger partial charge is 0.494 e. The molecule has 90 valence electrons. The third-order valence-electron chi connectivity index (χ3n) is 2.71. The number of halogens is 1. The van der Waals surface area contributed by atoms with E-state index in [2.05, 4.69) is 21.2 Å². The number of methoxy groups -OCH3 is 1. The van der Waals surface area contributed by atoms with Gasteiger partial charge in [-0.1, -0.05) is 15.9 Å². The van der Waals surface area contributed by atoms with Gasteiger partial charge in [0.2, 0.25) is 0 Å². The van der Waals surface area contributed by atoms with Crippen LogP contribution in [0, 0.1) is 32.1 Å². The van der Waals surface area contributed by atoms with Crippen molar-refractivity contribution in [2.24, 2.45) is 0 Å². The summed E-state index contributed by atoms with van der Waals surface area (Å²) < 4.78 is 6.20. The van der Waals surface area contributed by atoms with Crippen LogP contribution in [0.5, 0.6) is 5.75 Å². The zero-order chi connectivity index (χ0) is 13.2. The Bertz CT molecular complexity index is 518. The standard InChI is InChI=1S/C12H13BrN2O2/c1-6-7(2)12(17-4)11(8(3)10(6)13)15-9(16)5-14/h1-4H3,(H,15,16). The van der Waals surface area contributed by atoms with Crippen LogP contribution in [0.4, 0.5) is 5.69 Å². The number of carbonyl (C=O) groups excluding carboxylic acids is 1. The van der Waals surface area contributed by atoms with Crippen molar-refractivity contribution in [2.45, 2.75) is 20.8 Å². The summed E-state index contributed by atoms with van der Waals surface area (Å²) in [5, 5.41) is 11.1. The van der Waals surface area contributed by atoms with Gasteiger partial charge in [-0.25, -0.2) is 0 Å². The summed E-state index contributed by atoms with van der Waals surface area (Å²) in [6.07, 6.45) is 0. The van der Waals surface area contributed by atoms with Gasteiger partial charge in [0, 0.05) is 4.47 Å². The molecule has 0 aromatic heterocycles. The average molecular weight is 297 g/mol. The Hall–Kier alpha value is -1.54. The highest BCUT2D eigenvalue weighted by Gasteiger charge is 2.18. The molecule has 0 saturated heterocycles. The summed E-state index contributed by atoms with van der Waals surface area (Å²) in [7, 11) is 1.54. The first kappa shape index (κ1) is 13.5. The molecular formula is C12H13BrN2O2. The molecule has 0 aliphatic rings. The van der Waals surface area contributed by atoms with Gasteiger partial charge in [0.1, 0.15) is 5.75 Å². The first-order valence-electron chi connectivity index (χ1n) is 4.98. The van der Waals surface area contributed by atoms with Gasteiger partial charge in [-0.3, -0.25) is 4.79 Å². The molecule has 4 nitrogen and oxygen atoms in total. The summed E-state index contributed by atoms with van der Waals surface area (Å²) in [6, 6.07) is 1.52. The Morgan fingerprint density at radius 1 is 1.29 bits per heavy atom. The van der Waals surface area contributed by atoms with Crippen molar-refractivity contribution >= 4 is 27.5 Å². The molecule has 1 aromatic carbocycles. The minimum atomic E-state index is -0.707. The normalized spacial score (nSPS) is 9.65. The average Bonchev–Trinajstić information content (AvgIpc) is 2.33. The van der Waals surface area contributed by atoms with Crippen molar-refractivity contribution < 1.29 is 9.53 Å². The second-order valence-electron chi connectivity index (χ2n) is 3.66. The molecule has 0 radical (unpaired) electrons. The number of nitriles is 1. The quantitative estimate of drug-likeness (QED) is 0.854. The van der Waals surface area contributed by atoms with Gasteiger partial charge >= 0.3 is 5.91 Å². The van der Waals surface area contributed by atoms with Crippen LogP contribution >= 0.6 is 15.9 Å². The summed E-state index contributed by atoms with van der Waals surface area (Å²) in [4.78, 5) is 11.2. The van der Waals surface area contributed by atoms with Gasteiger partial charge < -0.3 is 10.1 Å². The number of hydrogen-bond donors (Lipinski definition) is 1. The molecule has 0 unspecified atom stereocenters. The number of nitrogens with one attached hydrogen (secondary N) is 1. The van der Waals surface area contributed by atoms with E-state index >= 15 is 0 Å². The van der Waals surface area contributed by atoms with Crippen molar-refractivity contribution in [3.05, 3.63) is 21.2 Å². The lowest BCUT2D eigenvalue weighted by Gasteiger charge is -2.18. The molecule has 0 aliphatic heterocycles. The van der Waals surface area contributed by atoms with E-state index in [-0.39, 0.29) is 0 Å². The van der Waals surface area contributed by atoms with Crippen molar-refractivity contribution in [1.82, 2.24) is 0 Å². The van der Waals surface area contributed by atoms with E-state index in [4.69, 9.17) is 10.00 Å². The number of amides is 1. The topological polar surface area (TPSA) is 62.1 Å². The van der Waals surface area contributed by atoms with Crippen LogP contribution in [0.25, 0.3) is 0 Å². The summed E-state index contributed by atoms with van der Waals surface area (Å²) in [5.41, 5.74) is 3.36. The van der Waals surface area contributed by atoms with Gasteiger partial charge in [0.25, 0.3) is 0 Å². The van der Waals surface area contributed by atoms with E-state index in [9.17, 15) is 4.79 Å². The van der Waals surface area contributed by atoms with E-state index < -0.39 is 5.91 Å². The number of nitrogens with zero attached hydrogens (tertiary/aromatic N) is 1. The Morgan fingerprint density at radius 3 is 2.35 bits per heavy atom. The van der Waals surface area contributed by atoms with Gasteiger partial charge in [-0.15, -0.1) is 0 Å². The van der Waals surface area contributed by atoms with Crippen molar-refractivity contribution in [3.63, 3.8) is 0 Å². The molecule has 1 amide bonds.